The van der Waals surface area contributed by atoms with E-state index in [4.69, 9.17) is 9.47 Å². The minimum Gasteiger partial charge on any atom is -0.493 e. The highest BCUT2D eigenvalue weighted by molar-refractivity contribution is 5.77. The quantitative estimate of drug-likeness (QED) is 0.535. The molecule has 3 rings (SSSR count). The smallest absolute Gasteiger partial charge is 0.333 e. The van der Waals surface area contributed by atoms with Crippen molar-refractivity contribution in [3.05, 3.63) is 75.7 Å². The number of ether oxygens (including phenoxy) is 2. The van der Waals surface area contributed by atoms with Gasteiger partial charge in [0, 0.05) is 20.1 Å². The molecule has 0 saturated heterocycles. The summed E-state index contributed by atoms with van der Waals surface area (Å²) in [5.74, 6) is 1.77. The normalized spacial score (nSPS) is 11.2. The Morgan fingerprint density at radius 1 is 1.00 bits per heavy atom. The fourth-order valence-corrected chi connectivity index (χ4v) is 3.24. The fraction of sp³-hybridized carbons (Fsp3) is 0.227. The minimum absolute atomic E-state index is 0.118. The summed E-state index contributed by atoms with van der Waals surface area (Å²) < 4.78 is 14.8. The van der Waals surface area contributed by atoms with Crippen LogP contribution < -0.4 is 20.7 Å². The Bertz CT molecular complexity index is 1260. The molecule has 8 nitrogen and oxygen atoms in total. The maximum absolute atomic E-state index is 12.9. The third-order valence-corrected chi connectivity index (χ3v) is 4.73. The van der Waals surface area contributed by atoms with Crippen LogP contribution in [0.2, 0.25) is 0 Å². The standard InChI is InChI=1S/C22H24N4O4/c1-6-12-25-20-19(21(27)26(13-7-2)22(25)28)24(3)18(23-20)11-9-15-8-10-16(29-4)17(14-15)30-5/h6-11,14H,1-2,12-13H2,3-5H3. The second-order valence-electron chi connectivity index (χ2n) is 6.54. The molecule has 0 bridgehead atoms. The number of allylic oxidation sites excluding steroid dienone is 2. The average molecular weight is 408 g/mol. The Hall–Kier alpha value is -3.81. The fourth-order valence-electron chi connectivity index (χ4n) is 3.24. The second kappa shape index (κ2) is 8.69. The predicted molar refractivity (Wildman–Crippen MR) is 118 cm³/mol. The highest BCUT2D eigenvalue weighted by Gasteiger charge is 2.18. The van der Waals surface area contributed by atoms with Crippen LogP contribution in [-0.4, -0.2) is 32.9 Å². The van der Waals surface area contributed by atoms with Crippen molar-refractivity contribution in [1.29, 1.82) is 0 Å². The van der Waals surface area contributed by atoms with Crippen molar-refractivity contribution < 1.29 is 9.47 Å². The van der Waals surface area contributed by atoms with Crippen molar-refractivity contribution in [2.24, 2.45) is 7.05 Å². The summed E-state index contributed by atoms with van der Waals surface area (Å²) in [7, 11) is 4.89. The number of benzene rings is 1. The van der Waals surface area contributed by atoms with Crippen molar-refractivity contribution in [1.82, 2.24) is 18.7 Å². The number of hydrogen-bond donors (Lipinski definition) is 0. The molecule has 0 radical (unpaired) electrons. The molecule has 0 saturated carbocycles. The summed E-state index contributed by atoms with van der Waals surface area (Å²) in [6.07, 6.45) is 6.74. The van der Waals surface area contributed by atoms with Gasteiger partial charge in [-0.05, 0) is 23.8 Å². The van der Waals surface area contributed by atoms with Crippen LogP contribution in [0.3, 0.4) is 0 Å². The van der Waals surface area contributed by atoms with Crippen LogP contribution in [0.15, 0.2) is 53.1 Å². The van der Waals surface area contributed by atoms with E-state index in [9.17, 15) is 9.59 Å². The van der Waals surface area contributed by atoms with Crippen molar-refractivity contribution in [2.75, 3.05) is 14.2 Å². The lowest BCUT2D eigenvalue weighted by Crippen LogP contribution is -2.40. The van der Waals surface area contributed by atoms with Crippen molar-refractivity contribution in [3.8, 4) is 11.5 Å². The Morgan fingerprint density at radius 2 is 1.67 bits per heavy atom. The number of imidazole rings is 1. The summed E-state index contributed by atoms with van der Waals surface area (Å²) >= 11 is 0. The number of fused-ring (bicyclic) bond motifs is 1. The first-order chi connectivity index (χ1) is 14.5. The molecular formula is C22H24N4O4. The summed E-state index contributed by atoms with van der Waals surface area (Å²) in [5.41, 5.74) is 0.675. The van der Waals surface area contributed by atoms with Gasteiger partial charge in [-0.1, -0.05) is 24.3 Å². The zero-order chi connectivity index (χ0) is 21.8. The molecule has 1 aromatic carbocycles. The van der Waals surface area contributed by atoms with Gasteiger partial charge in [-0.3, -0.25) is 13.9 Å². The van der Waals surface area contributed by atoms with E-state index >= 15 is 0 Å². The maximum Gasteiger partial charge on any atom is 0.333 e. The molecule has 2 heterocycles. The van der Waals surface area contributed by atoms with E-state index in [0.29, 0.717) is 28.5 Å². The van der Waals surface area contributed by atoms with Gasteiger partial charge in [0.1, 0.15) is 5.82 Å². The Kier molecular flexibility index (Phi) is 6.06. The first-order valence-electron chi connectivity index (χ1n) is 9.28. The molecule has 0 atom stereocenters. The van der Waals surface area contributed by atoms with Crippen LogP contribution >= 0.6 is 0 Å². The van der Waals surface area contributed by atoms with Crippen molar-refractivity contribution in [3.63, 3.8) is 0 Å². The molecule has 0 unspecified atom stereocenters. The van der Waals surface area contributed by atoms with Gasteiger partial charge in [-0.15, -0.1) is 13.2 Å². The molecular weight excluding hydrogens is 384 g/mol. The molecule has 0 fully saturated rings. The van der Waals surface area contributed by atoms with Gasteiger partial charge in [0.05, 0.1) is 14.2 Å². The zero-order valence-corrected chi connectivity index (χ0v) is 17.3. The lowest BCUT2D eigenvalue weighted by Gasteiger charge is -2.08. The number of aromatic nitrogens is 4. The molecule has 0 spiro atoms. The molecule has 0 aliphatic heterocycles. The number of methoxy groups -OCH3 is 2. The lowest BCUT2D eigenvalue weighted by atomic mass is 10.2. The van der Waals surface area contributed by atoms with Crippen LogP contribution in [0.1, 0.15) is 11.4 Å². The SMILES string of the molecule is C=CCn1c(=O)c2c(nc(C=Cc3ccc(OC)c(OC)c3)n2C)n(CC=C)c1=O. The van der Waals surface area contributed by atoms with Gasteiger partial charge in [0.2, 0.25) is 0 Å². The second-order valence-corrected chi connectivity index (χ2v) is 6.54. The number of nitrogens with zero attached hydrogens (tertiary/aromatic N) is 4. The zero-order valence-electron chi connectivity index (χ0n) is 17.3. The van der Waals surface area contributed by atoms with Crippen molar-refractivity contribution >= 4 is 23.3 Å². The Labute approximate surface area is 173 Å². The first kappa shape index (κ1) is 20.9. The minimum atomic E-state index is -0.444. The van der Waals surface area contributed by atoms with Gasteiger partial charge in [0.15, 0.2) is 22.7 Å². The molecule has 2 aromatic heterocycles. The molecule has 3 aromatic rings. The van der Waals surface area contributed by atoms with Crippen LogP contribution in [0.25, 0.3) is 23.3 Å². The topological polar surface area (TPSA) is 80.3 Å². The van der Waals surface area contributed by atoms with Crippen LogP contribution in [0.5, 0.6) is 11.5 Å². The molecule has 0 aliphatic rings. The van der Waals surface area contributed by atoms with E-state index in [1.54, 1.807) is 38.0 Å². The summed E-state index contributed by atoms with van der Waals surface area (Å²) in [6, 6.07) is 5.52. The first-order valence-corrected chi connectivity index (χ1v) is 9.28. The predicted octanol–water partition coefficient (Wildman–Crippen LogP) is 2.46. The van der Waals surface area contributed by atoms with Gasteiger partial charge in [0.25, 0.3) is 5.56 Å². The van der Waals surface area contributed by atoms with Crippen LogP contribution in [0.4, 0.5) is 0 Å². The number of aryl methyl sites for hydroxylation is 1. The highest BCUT2D eigenvalue weighted by atomic mass is 16.5. The lowest BCUT2D eigenvalue weighted by molar-refractivity contribution is 0.355. The average Bonchev–Trinajstić information content (AvgIpc) is 3.08. The van der Waals surface area contributed by atoms with Gasteiger partial charge in [-0.2, -0.15) is 0 Å². The number of hydrogen-bond acceptors (Lipinski definition) is 5. The maximum atomic E-state index is 12.9. The molecule has 0 amide bonds. The molecule has 156 valence electrons. The molecule has 8 heteroatoms. The van der Waals surface area contributed by atoms with E-state index < -0.39 is 11.2 Å². The highest BCUT2D eigenvalue weighted by Crippen LogP contribution is 2.28. The summed E-state index contributed by atoms with van der Waals surface area (Å²) in [6.45, 7) is 7.69. The summed E-state index contributed by atoms with van der Waals surface area (Å²) in [4.78, 5) is 30.2. The monoisotopic (exact) mass is 408 g/mol. The van der Waals surface area contributed by atoms with Crippen LogP contribution in [-0.2, 0) is 20.1 Å². The van der Waals surface area contributed by atoms with Crippen molar-refractivity contribution in [2.45, 2.75) is 13.1 Å². The van der Waals surface area contributed by atoms with E-state index in [0.717, 1.165) is 10.1 Å². The summed E-state index contributed by atoms with van der Waals surface area (Å²) in [5, 5.41) is 0. The Morgan fingerprint density at radius 3 is 2.30 bits per heavy atom. The van der Waals surface area contributed by atoms with Gasteiger partial charge in [-0.25, -0.2) is 9.78 Å². The van der Waals surface area contributed by atoms with Gasteiger partial charge >= 0.3 is 5.69 Å². The molecule has 30 heavy (non-hydrogen) atoms. The van der Waals surface area contributed by atoms with E-state index in [1.807, 2.05) is 24.3 Å². The Balaban J connectivity index is 2.16. The molecule has 0 N–H and O–H groups in total. The van der Waals surface area contributed by atoms with Gasteiger partial charge < -0.3 is 14.0 Å². The van der Waals surface area contributed by atoms with E-state index in [2.05, 4.69) is 18.1 Å². The third-order valence-electron chi connectivity index (χ3n) is 4.73. The van der Waals surface area contributed by atoms with E-state index in [1.165, 1.54) is 10.6 Å². The largest absolute Gasteiger partial charge is 0.493 e. The van der Waals surface area contributed by atoms with Crippen LogP contribution in [0, 0.1) is 0 Å². The number of rotatable bonds is 8. The third kappa shape index (κ3) is 3.59. The molecule has 0 aliphatic carbocycles. The van der Waals surface area contributed by atoms with E-state index in [-0.39, 0.29) is 13.1 Å².